The molecule has 0 aromatic heterocycles. The molecule has 0 fully saturated rings. The lowest BCUT2D eigenvalue weighted by Gasteiger charge is -2.09. The molecule has 1 aromatic rings. The Labute approximate surface area is 119 Å². The minimum Gasteiger partial charge on any atom is -0.396 e. The maximum absolute atomic E-state index is 8.86. The zero-order valence-corrected chi connectivity index (χ0v) is 12.5. The predicted molar refractivity (Wildman–Crippen MR) is 83.5 cm³/mol. The van der Waals surface area contributed by atoms with Crippen molar-refractivity contribution in [3.8, 4) is 0 Å². The standard InChI is InChI=1S/C18H30O/c1-2-3-4-5-6-7-12-17-13-8-9-14-18(17)15-10-11-16-19/h8-9,13-14,19H,2-7,10-12,15-16H2,1H3. The highest BCUT2D eigenvalue weighted by Gasteiger charge is 2.01. The van der Waals surface area contributed by atoms with Crippen LogP contribution >= 0.6 is 0 Å². The Morgan fingerprint density at radius 2 is 1.26 bits per heavy atom. The lowest BCUT2D eigenvalue weighted by Crippen LogP contribution is -1.96. The molecule has 1 N–H and O–H groups in total. The summed E-state index contributed by atoms with van der Waals surface area (Å²) in [5.74, 6) is 0. The molecule has 0 saturated carbocycles. The Balaban J connectivity index is 2.27. The van der Waals surface area contributed by atoms with Gasteiger partial charge in [0.1, 0.15) is 0 Å². The molecule has 0 heterocycles. The van der Waals surface area contributed by atoms with Crippen molar-refractivity contribution in [1.29, 1.82) is 0 Å². The second-order valence-electron chi connectivity index (χ2n) is 5.47. The molecule has 108 valence electrons. The van der Waals surface area contributed by atoms with Crippen molar-refractivity contribution in [2.24, 2.45) is 0 Å². The van der Waals surface area contributed by atoms with E-state index in [0.29, 0.717) is 6.61 Å². The summed E-state index contributed by atoms with van der Waals surface area (Å²) in [4.78, 5) is 0. The largest absolute Gasteiger partial charge is 0.396 e. The highest BCUT2D eigenvalue weighted by atomic mass is 16.2. The monoisotopic (exact) mass is 262 g/mol. The third-order valence-electron chi connectivity index (χ3n) is 3.77. The summed E-state index contributed by atoms with van der Waals surface area (Å²) in [6.45, 7) is 2.59. The van der Waals surface area contributed by atoms with Gasteiger partial charge in [-0.3, -0.25) is 0 Å². The zero-order valence-electron chi connectivity index (χ0n) is 12.5. The molecular formula is C18H30O. The first-order valence-electron chi connectivity index (χ1n) is 8.06. The van der Waals surface area contributed by atoms with Crippen LogP contribution in [0.25, 0.3) is 0 Å². The number of hydrogen-bond acceptors (Lipinski definition) is 1. The van der Waals surface area contributed by atoms with Gasteiger partial charge in [0, 0.05) is 6.61 Å². The van der Waals surface area contributed by atoms with Gasteiger partial charge in [0.05, 0.1) is 0 Å². The Bertz CT molecular complexity index is 319. The Kier molecular flexibility index (Phi) is 9.44. The second-order valence-corrected chi connectivity index (χ2v) is 5.47. The van der Waals surface area contributed by atoms with Crippen LogP contribution in [-0.4, -0.2) is 11.7 Å². The van der Waals surface area contributed by atoms with Gasteiger partial charge in [-0.15, -0.1) is 0 Å². The first-order chi connectivity index (χ1) is 9.38. The predicted octanol–water partition coefficient (Wildman–Crippen LogP) is 4.90. The average molecular weight is 262 g/mol. The Hall–Kier alpha value is -0.820. The Morgan fingerprint density at radius 1 is 0.737 bits per heavy atom. The van der Waals surface area contributed by atoms with Gasteiger partial charge in [-0.2, -0.15) is 0 Å². The van der Waals surface area contributed by atoms with Crippen LogP contribution < -0.4 is 0 Å². The smallest absolute Gasteiger partial charge is 0.0431 e. The number of aliphatic hydroxyl groups is 1. The van der Waals surface area contributed by atoms with Crippen molar-refractivity contribution >= 4 is 0 Å². The maximum atomic E-state index is 8.86. The van der Waals surface area contributed by atoms with Gasteiger partial charge in [-0.25, -0.2) is 0 Å². The van der Waals surface area contributed by atoms with Gasteiger partial charge < -0.3 is 5.11 Å². The number of benzene rings is 1. The molecular weight excluding hydrogens is 232 g/mol. The molecule has 0 unspecified atom stereocenters. The zero-order chi connectivity index (χ0) is 13.8. The minimum atomic E-state index is 0.319. The van der Waals surface area contributed by atoms with E-state index in [1.807, 2.05) is 0 Å². The fourth-order valence-electron chi connectivity index (χ4n) is 2.57. The summed E-state index contributed by atoms with van der Waals surface area (Å²) in [5, 5.41) is 8.86. The van der Waals surface area contributed by atoms with E-state index in [2.05, 4.69) is 31.2 Å². The van der Waals surface area contributed by atoms with E-state index in [4.69, 9.17) is 5.11 Å². The fourth-order valence-corrected chi connectivity index (χ4v) is 2.57. The second kappa shape index (κ2) is 11.0. The SMILES string of the molecule is CCCCCCCCc1ccccc1CCCCO. The van der Waals surface area contributed by atoms with Gasteiger partial charge in [0.2, 0.25) is 0 Å². The lowest BCUT2D eigenvalue weighted by atomic mass is 9.97. The molecule has 0 aliphatic heterocycles. The van der Waals surface area contributed by atoms with Crippen LogP contribution in [-0.2, 0) is 12.8 Å². The Morgan fingerprint density at radius 3 is 1.84 bits per heavy atom. The molecule has 0 bridgehead atoms. The summed E-state index contributed by atoms with van der Waals surface area (Å²) in [5.41, 5.74) is 3.01. The first kappa shape index (κ1) is 16.2. The third-order valence-corrected chi connectivity index (χ3v) is 3.77. The maximum Gasteiger partial charge on any atom is 0.0431 e. The number of aryl methyl sites for hydroxylation is 2. The van der Waals surface area contributed by atoms with Crippen LogP contribution in [0.15, 0.2) is 24.3 Å². The van der Waals surface area contributed by atoms with Crippen molar-refractivity contribution in [2.45, 2.75) is 71.1 Å². The highest BCUT2D eigenvalue weighted by Crippen LogP contribution is 2.16. The van der Waals surface area contributed by atoms with E-state index >= 15 is 0 Å². The topological polar surface area (TPSA) is 20.2 Å². The van der Waals surface area contributed by atoms with E-state index in [1.54, 1.807) is 0 Å². The highest BCUT2D eigenvalue weighted by molar-refractivity contribution is 5.27. The van der Waals surface area contributed by atoms with Crippen molar-refractivity contribution in [2.75, 3.05) is 6.61 Å². The van der Waals surface area contributed by atoms with Crippen LogP contribution in [0, 0.1) is 0 Å². The third kappa shape index (κ3) is 7.37. The number of rotatable bonds is 11. The van der Waals surface area contributed by atoms with E-state index in [0.717, 1.165) is 19.3 Å². The molecule has 1 aromatic carbocycles. The summed E-state index contributed by atoms with van der Waals surface area (Å²) in [6, 6.07) is 8.82. The number of aliphatic hydroxyl groups excluding tert-OH is 1. The van der Waals surface area contributed by atoms with E-state index in [9.17, 15) is 0 Å². The molecule has 1 heteroatoms. The van der Waals surface area contributed by atoms with E-state index < -0.39 is 0 Å². The summed E-state index contributed by atoms with van der Waals surface area (Å²) in [6.07, 6.45) is 12.6. The summed E-state index contributed by atoms with van der Waals surface area (Å²) >= 11 is 0. The summed E-state index contributed by atoms with van der Waals surface area (Å²) in [7, 11) is 0. The normalized spacial score (nSPS) is 10.8. The van der Waals surface area contributed by atoms with Crippen molar-refractivity contribution in [1.82, 2.24) is 0 Å². The van der Waals surface area contributed by atoms with Crippen LogP contribution in [0.2, 0.25) is 0 Å². The minimum absolute atomic E-state index is 0.319. The average Bonchev–Trinajstić information content (AvgIpc) is 2.44. The first-order valence-corrected chi connectivity index (χ1v) is 8.06. The van der Waals surface area contributed by atoms with Crippen LogP contribution in [0.1, 0.15) is 69.4 Å². The molecule has 19 heavy (non-hydrogen) atoms. The molecule has 0 aliphatic carbocycles. The lowest BCUT2D eigenvalue weighted by molar-refractivity contribution is 0.284. The van der Waals surface area contributed by atoms with E-state index in [-0.39, 0.29) is 0 Å². The van der Waals surface area contributed by atoms with Gasteiger partial charge in [-0.05, 0) is 43.2 Å². The van der Waals surface area contributed by atoms with Crippen LogP contribution in [0.5, 0.6) is 0 Å². The number of hydrogen-bond donors (Lipinski definition) is 1. The summed E-state index contributed by atoms with van der Waals surface area (Å²) < 4.78 is 0. The van der Waals surface area contributed by atoms with Crippen molar-refractivity contribution in [3.05, 3.63) is 35.4 Å². The molecule has 0 saturated heterocycles. The van der Waals surface area contributed by atoms with Crippen LogP contribution in [0.4, 0.5) is 0 Å². The molecule has 0 amide bonds. The molecule has 0 spiro atoms. The van der Waals surface area contributed by atoms with Gasteiger partial charge >= 0.3 is 0 Å². The van der Waals surface area contributed by atoms with Gasteiger partial charge in [0.25, 0.3) is 0 Å². The van der Waals surface area contributed by atoms with E-state index in [1.165, 1.54) is 56.1 Å². The molecule has 1 rings (SSSR count). The van der Waals surface area contributed by atoms with Gasteiger partial charge in [0.15, 0.2) is 0 Å². The molecule has 0 atom stereocenters. The molecule has 0 radical (unpaired) electrons. The van der Waals surface area contributed by atoms with Crippen molar-refractivity contribution < 1.29 is 5.11 Å². The molecule has 1 nitrogen and oxygen atoms in total. The van der Waals surface area contributed by atoms with Crippen molar-refractivity contribution in [3.63, 3.8) is 0 Å². The molecule has 0 aliphatic rings. The fraction of sp³-hybridized carbons (Fsp3) is 0.667. The van der Waals surface area contributed by atoms with Gasteiger partial charge in [-0.1, -0.05) is 63.3 Å². The van der Waals surface area contributed by atoms with Crippen LogP contribution in [0.3, 0.4) is 0 Å². The quantitative estimate of drug-likeness (QED) is 0.562. The number of unbranched alkanes of at least 4 members (excludes halogenated alkanes) is 6.